The third-order valence-corrected chi connectivity index (χ3v) is 3.21. The van der Waals surface area contributed by atoms with Crippen molar-refractivity contribution in [3.8, 4) is 0 Å². The number of carbonyl (C=O) groups is 1. The molecule has 0 unspecified atom stereocenters. The molecule has 1 aromatic carbocycles. The Morgan fingerprint density at radius 2 is 1.88 bits per heavy atom. The molecule has 1 aromatic rings. The molecule has 1 amide bonds. The predicted octanol–water partition coefficient (Wildman–Crippen LogP) is 0.944. The van der Waals surface area contributed by atoms with E-state index < -0.39 is 10.1 Å². The number of hydrogen-bond donors (Lipinski definition) is 2. The van der Waals surface area contributed by atoms with E-state index in [0.29, 0.717) is 6.54 Å². The van der Waals surface area contributed by atoms with Crippen molar-refractivity contribution in [2.45, 2.75) is 11.4 Å². The number of hydrogen-bond acceptors (Lipinski definition) is 3. The molecule has 0 saturated carbocycles. The Balaban J connectivity index is 2.69. The van der Waals surface area contributed by atoms with E-state index in [0.717, 1.165) is 5.56 Å². The SMILES string of the molecule is O=C(CBr)NCc1ccc(S(=O)(=O)O)cc1. The molecule has 0 bridgehead atoms. The summed E-state index contributed by atoms with van der Waals surface area (Å²) in [6.45, 7) is 0.316. The van der Waals surface area contributed by atoms with Gasteiger partial charge in [0.15, 0.2) is 0 Å². The van der Waals surface area contributed by atoms with Crippen molar-refractivity contribution in [3.05, 3.63) is 29.8 Å². The van der Waals surface area contributed by atoms with Gasteiger partial charge in [0, 0.05) is 6.54 Å². The molecule has 2 N–H and O–H groups in total. The lowest BCUT2D eigenvalue weighted by Crippen LogP contribution is -2.23. The van der Waals surface area contributed by atoms with E-state index in [2.05, 4.69) is 21.2 Å². The lowest BCUT2D eigenvalue weighted by Gasteiger charge is -2.03. The van der Waals surface area contributed by atoms with Gasteiger partial charge in [-0.15, -0.1) is 0 Å². The number of benzene rings is 1. The Kier molecular flexibility index (Phi) is 4.45. The maximum Gasteiger partial charge on any atom is 0.294 e. The summed E-state index contributed by atoms with van der Waals surface area (Å²) in [5, 5.41) is 2.83. The van der Waals surface area contributed by atoms with E-state index >= 15 is 0 Å². The van der Waals surface area contributed by atoms with Gasteiger partial charge >= 0.3 is 0 Å². The Morgan fingerprint density at radius 1 is 1.31 bits per heavy atom. The molecule has 0 spiro atoms. The molecule has 7 heteroatoms. The molecule has 0 aliphatic rings. The molecule has 5 nitrogen and oxygen atoms in total. The van der Waals surface area contributed by atoms with Crippen LogP contribution in [0.3, 0.4) is 0 Å². The maximum atomic E-state index is 10.9. The van der Waals surface area contributed by atoms with Crippen molar-refractivity contribution in [1.29, 1.82) is 0 Å². The van der Waals surface area contributed by atoms with Gasteiger partial charge in [-0.3, -0.25) is 9.35 Å². The third-order valence-electron chi connectivity index (χ3n) is 1.83. The summed E-state index contributed by atoms with van der Waals surface area (Å²) >= 11 is 3.00. The minimum absolute atomic E-state index is 0.154. The molecule has 0 fully saturated rings. The van der Waals surface area contributed by atoms with Gasteiger partial charge in [-0.2, -0.15) is 8.42 Å². The monoisotopic (exact) mass is 307 g/mol. The van der Waals surface area contributed by atoms with Crippen LogP contribution in [0.4, 0.5) is 0 Å². The number of nitrogens with one attached hydrogen (secondary N) is 1. The van der Waals surface area contributed by atoms with Gasteiger partial charge in [0.25, 0.3) is 10.1 Å². The van der Waals surface area contributed by atoms with Crippen LogP contribution in [-0.4, -0.2) is 24.2 Å². The average molecular weight is 308 g/mol. The van der Waals surface area contributed by atoms with Crippen LogP contribution in [0.1, 0.15) is 5.56 Å². The second-order valence-corrected chi connectivity index (χ2v) is 5.01. The van der Waals surface area contributed by atoms with Crippen LogP contribution >= 0.6 is 15.9 Å². The van der Waals surface area contributed by atoms with Gasteiger partial charge in [-0.1, -0.05) is 28.1 Å². The first-order valence-electron chi connectivity index (χ1n) is 4.32. The van der Waals surface area contributed by atoms with Crippen molar-refractivity contribution >= 4 is 32.0 Å². The first-order chi connectivity index (χ1) is 7.43. The van der Waals surface area contributed by atoms with Gasteiger partial charge in [-0.05, 0) is 17.7 Å². The summed E-state index contributed by atoms with van der Waals surface area (Å²) in [5.74, 6) is -0.154. The van der Waals surface area contributed by atoms with Crippen LogP contribution in [-0.2, 0) is 21.5 Å². The summed E-state index contributed by atoms with van der Waals surface area (Å²) in [5.41, 5.74) is 0.752. The maximum absolute atomic E-state index is 10.9. The van der Waals surface area contributed by atoms with Crippen LogP contribution < -0.4 is 5.32 Å². The first-order valence-corrected chi connectivity index (χ1v) is 6.88. The molecule has 0 heterocycles. The molecular weight excluding hydrogens is 298 g/mol. The topological polar surface area (TPSA) is 83.5 Å². The molecule has 0 radical (unpaired) electrons. The highest BCUT2D eigenvalue weighted by atomic mass is 79.9. The van der Waals surface area contributed by atoms with Crippen molar-refractivity contribution in [3.63, 3.8) is 0 Å². The fourth-order valence-corrected chi connectivity index (χ4v) is 1.71. The molecule has 1 rings (SSSR count). The van der Waals surface area contributed by atoms with E-state index in [1.54, 1.807) is 0 Å². The zero-order chi connectivity index (χ0) is 12.2. The molecule has 16 heavy (non-hydrogen) atoms. The van der Waals surface area contributed by atoms with Crippen molar-refractivity contribution in [1.82, 2.24) is 5.32 Å². The van der Waals surface area contributed by atoms with E-state index in [9.17, 15) is 13.2 Å². The van der Waals surface area contributed by atoms with Crippen molar-refractivity contribution in [2.75, 3.05) is 5.33 Å². The summed E-state index contributed by atoms with van der Waals surface area (Å²) < 4.78 is 30.2. The van der Waals surface area contributed by atoms with Gasteiger partial charge < -0.3 is 5.32 Å². The van der Waals surface area contributed by atoms with Gasteiger partial charge in [0.05, 0.1) is 10.2 Å². The van der Waals surface area contributed by atoms with Crippen LogP contribution in [0.5, 0.6) is 0 Å². The fraction of sp³-hybridized carbons (Fsp3) is 0.222. The number of carbonyl (C=O) groups excluding carboxylic acids is 1. The Morgan fingerprint density at radius 3 is 2.31 bits per heavy atom. The van der Waals surface area contributed by atoms with Crippen LogP contribution in [0.25, 0.3) is 0 Å². The highest BCUT2D eigenvalue weighted by molar-refractivity contribution is 9.09. The average Bonchev–Trinajstić information content (AvgIpc) is 2.25. The number of alkyl halides is 1. The molecule has 0 saturated heterocycles. The number of rotatable bonds is 4. The summed E-state index contributed by atoms with van der Waals surface area (Å²) in [7, 11) is -4.15. The summed E-state index contributed by atoms with van der Waals surface area (Å²) in [6, 6.07) is 5.62. The van der Waals surface area contributed by atoms with Crippen LogP contribution in [0, 0.1) is 0 Å². The smallest absolute Gasteiger partial charge is 0.294 e. The van der Waals surface area contributed by atoms with Gasteiger partial charge in [0.1, 0.15) is 0 Å². The van der Waals surface area contributed by atoms with Crippen molar-refractivity contribution < 1.29 is 17.8 Å². The standard InChI is InChI=1S/C9H10BrNO4S/c10-5-9(12)11-6-7-1-3-8(4-2-7)16(13,14)15/h1-4H,5-6H2,(H,11,12)(H,13,14,15). The fourth-order valence-electron chi connectivity index (χ4n) is 1.03. The van der Waals surface area contributed by atoms with Gasteiger partial charge in [0.2, 0.25) is 5.91 Å². The first kappa shape index (κ1) is 13.1. The molecule has 88 valence electrons. The molecule has 0 aliphatic carbocycles. The lowest BCUT2D eigenvalue weighted by molar-refractivity contribution is -0.118. The van der Waals surface area contributed by atoms with E-state index in [1.807, 2.05) is 0 Å². The second kappa shape index (κ2) is 5.42. The highest BCUT2D eigenvalue weighted by Crippen LogP contribution is 2.09. The Labute approximate surface area is 102 Å². The largest absolute Gasteiger partial charge is 0.351 e. The zero-order valence-corrected chi connectivity index (χ0v) is 10.6. The Bertz CT molecular complexity index is 469. The summed E-state index contributed by atoms with van der Waals surface area (Å²) in [6.07, 6.45) is 0. The zero-order valence-electron chi connectivity index (χ0n) is 8.18. The number of halogens is 1. The molecule has 0 aromatic heterocycles. The molecule has 0 atom stereocenters. The van der Waals surface area contributed by atoms with E-state index in [4.69, 9.17) is 4.55 Å². The van der Waals surface area contributed by atoms with Gasteiger partial charge in [-0.25, -0.2) is 0 Å². The summed E-state index contributed by atoms with van der Waals surface area (Å²) in [4.78, 5) is 10.8. The molecule has 0 aliphatic heterocycles. The van der Waals surface area contributed by atoms with Crippen LogP contribution in [0.2, 0.25) is 0 Å². The second-order valence-electron chi connectivity index (χ2n) is 3.03. The van der Waals surface area contributed by atoms with Crippen molar-refractivity contribution in [2.24, 2.45) is 0 Å². The normalized spacial score (nSPS) is 11.1. The lowest BCUT2D eigenvalue weighted by atomic mass is 10.2. The highest BCUT2D eigenvalue weighted by Gasteiger charge is 2.08. The van der Waals surface area contributed by atoms with E-state index in [1.165, 1.54) is 24.3 Å². The molecular formula is C9H10BrNO4S. The third kappa shape index (κ3) is 3.92. The Hall–Kier alpha value is -0.920. The van der Waals surface area contributed by atoms with Crippen LogP contribution in [0.15, 0.2) is 29.2 Å². The minimum Gasteiger partial charge on any atom is -0.351 e. The quantitative estimate of drug-likeness (QED) is 0.640. The minimum atomic E-state index is -4.15. The predicted molar refractivity (Wildman–Crippen MR) is 61.9 cm³/mol. The number of amides is 1. The van der Waals surface area contributed by atoms with E-state index in [-0.39, 0.29) is 16.1 Å².